The molecule has 2 aromatic rings. The van der Waals surface area contributed by atoms with Gasteiger partial charge in [-0.25, -0.2) is 0 Å². The van der Waals surface area contributed by atoms with Crippen molar-refractivity contribution in [3.8, 4) is 23.3 Å². The van der Waals surface area contributed by atoms with Gasteiger partial charge >= 0.3 is 0 Å². The smallest absolute Gasteiger partial charge is 0.266 e. The average Bonchev–Trinajstić information content (AvgIpc) is 2.57. The number of carbonyl (C=O) groups excluding carboxylic acids is 1. The zero-order chi connectivity index (χ0) is 17.7. The van der Waals surface area contributed by atoms with Crippen LogP contribution in [0.4, 0.5) is 5.69 Å². The number of aromatic hydroxyl groups is 2. The molecule has 0 aliphatic rings. The number of phenols is 2. The molecule has 0 spiro atoms. The predicted molar refractivity (Wildman–Crippen MR) is 90.0 cm³/mol. The van der Waals surface area contributed by atoms with E-state index in [1.54, 1.807) is 6.07 Å². The summed E-state index contributed by atoms with van der Waals surface area (Å²) < 4.78 is 4.98. The first-order valence-corrected chi connectivity index (χ1v) is 7.11. The minimum atomic E-state index is -0.619. The number of phenolic OH excluding ortho intramolecular Hbond substituents is 2. The van der Waals surface area contributed by atoms with Crippen LogP contribution in [0.2, 0.25) is 5.02 Å². The van der Waals surface area contributed by atoms with Gasteiger partial charge in [0.15, 0.2) is 11.5 Å². The highest BCUT2D eigenvalue weighted by molar-refractivity contribution is 6.32. The Morgan fingerprint density at radius 2 is 1.96 bits per heavy atom. The molecule has 0 saturated carbocycles. The summed E-state index contributed by atoms with van der Waals surface area (Å²) in [4.78, 5) is 12.2. The highest BCUT2D eigenvalue weighted by Gasteiger charge is 2.12. The summed E-state index contributed by atoms with van der Waals surface area (Å²) in [6.07, 6.45) is 1.32. The summed E-state index contributed by atoms with van der Waals surface area (Å²) in [5, 5.41) is 30.7. The lowest BCUT2D eigenvalue weighted by Gasteiger charge is -2.07. The number of benzene rings is 2. The molecule has 0 saturated heterocycles. The fraction of sp³-hybridized carbons (Fsp3) is 0.0588. The molecule has 122 valence electrons. The van der Waals surface area contributed by atoms with E-state index in [9.17, 15) is 20.3 Å². The number of rotatable bonds is 4. The second kappa shape index (κ2) is 7.40. The van der Waals surface area contributed by atoms with Crippen LogP contribution in [-0.2, 0) is 4.79 Å². The van der Waals surface area contributed by atoms with Crippen molar-refractivity contribution < 1.29 is 19.7 Å². The number of hydrogen-bond donors (Lipinski definition) is 3. The number of methoxy groups -OCH3 is 1. The Hall–Kier alpha value is -3.17. The molecule has 0 aromatic heterocycles. The lowest BCUT2D eigenvalue weighted by atomic mass is 10.1. The number of amides is 1. The molecule has 2 aromatic carbocycles. The van der Waals surface area contributed by atoms with Gasteiger partial charge in [-0.3, -0.25) is 4.79 Å². The highest BCUT2D eigenvalue weighted by atomic mass is 35.5. The van der Waals surface area contributed by atoms with Gasteiger partial charge in [-0.05, 0) is 48.0 Å². The molecule has 24 heavy (non-hydrogen) atoms. The number of hydrogen-bond acceptors (Lipinski definition) is 5. The second-order valence-corrected chi connectivity index (χ2v) is 5.13. The fourth-order valence-corrected chi connectivity index (χ4v) is 2.11. The van der Waals surface area contributed by atoms with E-state index in [1.807, 2.05) is 0 Å². The van der Waals surface area contributed by atoms with Gasteiger partial charge in [-0.1, -0.05) is 11.6 Å². The molecular formula is C17H13ClN2O4. The van der Waals surface area contributed by atoms with Crippen molar-refractivity contribution in [2.75, 3.05) is 12.4 Å². The van der Waals surface area contributed by atoms with E-state index in [-0.39, 0.29) is 27.8 Å². The molecular weight excluding hydrogens is 332 g/mol. The Morgan fingerprint density at radius 1 is 1.29 bits per heavy atom. The SMILES string of the molecule is COc1cc(/C=C(/C#N)C(=O)Nc2ccc(O)cc2)cc(Cl)c1O. The third-order valence-electron chi connectivity index (χ3n) is 3.07. The number of anilines is 1. The Balaban J connectivity index is 2.29. The van der Waals surface area contributed by atoms with Crippen molar-refractivity contribution in [2.45, 2.75) is 0 Å². The largest absolute Gasteiger partial charge is 0.508 e. The molecule has 3 N–H and O–H groups in total. The predicted octanol–water partition coefficient (Wildman–Crippen LogP) is 3.31. The van der Waals surface area contributed by atoms with Crippen LogP contribution in [0.5, 0.6) is 17.2 Å². The minimum absolute atomic E-state index is 0.0387. The number of ether oxygens (including phenoxy) is 1. The van der Waals surface area contributed by atoms with E-state index in [0.717, 1.165) is 0 Å². The summed E-state index contributed by atoms with van der Waals surface area (Å²) >= 11 is 5.88. The zero-order valence-corrected chi connectivity index (χ0v) is 13.3. The van der Waals surface area contributed by atoms with Crippen LogP contribution >= 0.6 is 11.6 Å². The average molecular weight is 345 g/mol. The van der Waals surface area contributed by atoms with Crippen molar-refractivity contribution in [3.63, 3.8) is 0 Å². The van der Waals surface area contributed by atoms with Gasteiger partial charge in [0.05, 0.1) is 12.1 Å². The number of nitrogens with zero attached hydrogens (tertiary/aromatic N) is 1. The summed E-state index contributed by atoms with van der Waals surface area (Å²) in [6, 6.07) is 10.5. The van der Waals surface area contributed by atoms with Crippen LogP contribution < -0.4 is 10.1 Å². The monoisotopic (exact) mass is 344 g/mol. The Labute approximate surface area is 143 Å². The molecule has 7 heteroatoms. The van der Waals surface area contributed by atoms with Crippen LogP contribution in [0, 0.1) is 11.3 Å². The van der Waals surface area contributed by atoms with Gasteiger partial charge in [-0.2, -0.15) is 5.26 Å². The number of nitriles is 1. The maximum atomic E-state index is 12.2. The molecule has 1 amide bonds. The fourth-order valence-electron chi connectivity index (χ4n) is 1.89. The van der Waals surface area contributed by atoms with E-state index in [1.165, 1.54) is 49.6 Å². The van der Waals surface area contributed by atoms with Crippen molar-refractivity contribution in [1.29, 1.82) is 5.26 Å². The number of halogens is 1. The molecule has 0 fully saturated rings. The number of carbonyl (C=O) groups is 1. The van der Waals surface area contributed by atoms with Crippen LogP contribution in [-0.4, -0.2) is 23.2 Å². The van der Waals surface area contributed by atoms with E-state index in [0.29, 0.717) is 11.3 Å². The summed E-state index contributed by atoms with van der Waals surface area (Å²) in [5.74, 6) is -0.644. The van der Waals surface area contributed by atoms with Crippen molar-refractivity contribution in [3.05, 3.63) is 52.6 Å². The summed E-state index contributed by atoms with van der Waals surface area (Å²) in [7, 11) is 1.36. The maximum absolute atomic E-state index is 12.2. The first kappa shape index (κ1) is 17.2. The van der Waals surface area contributed by atoms with Gasteiger partial charge in [0.2, 0.25) is 0 Å². The Bertz CT molecular complexity index is 839. The molecule has 0 aliphatic carbocycles. The van der Waals surface area contributed by atoms with Gasteiger partial charge in [0, 0.05) is 5.69 Å². The molecule has 0 bridgehead atoms. The van der Waals surface area contributed by atoms with E-state index < -0.39 is 5.91 Å². The summed E-state index contributed by atoms with van der Waals surface area (Å²) in [5.41, 5.74) is 0.694. The minimum Gasteiger partial charge on any atom is -0.508 e. The van der Waals surface area contributed by atoms with Crippen LogP contribution in [0.3, 0.4) is 0 Å². The standard InChI is InChI=1S/C17H13ClN2O4/c1-24-15-8-10(7-14(18)16(15)22)6-11(9-19)17(23)20-12-2-4-13(21)5-3-12/h2-8,21-22H,1H3,(H,20,23)/b11-6-. The summed E-state index contributed by atoms with van der Waals surface area (Å²) in [6.45, 7) is 0. The van der Waals surface area contributed by atoms with Crippen molar-refractivity contribution in [2.24, 2.45) is 0 Å². The first-order valence-electron chi connectivity index (χ1n) is 6.73. The van der Waals surface area contributed by atoms with Crippen LogP contribution in [0.1, 0.15) is 5.56 Å². The van der Waals surface area contributed by atoms with E-state index in [4.69, 9.17) is 16.3 Å². The normalized spacial score (nSPS) is 10.8. The van der Waals surface area contributed by atoms with Gasteiger partial charge in [0.1, 0.15) is 17.4 Å². The van der Waals surface area contributed by atoms with E-state index in [2.05, 4.69) is 5.32 Å². The second-order valence-electron chi connectivity index (χ2n) is 4.72. The van der Waals surface area contributed by atoms with Crippen LogP contribution in [0.25, 0.3) is 6.08 Å². The zero-order valence-electron chi connectivity index (χ0n) is 12.6. The topological polar surface area (TPSA) is 103 Å². The van der Waals surface area contributed by atoms with Crippen LogP contribution in [0.15, 0.2) is 42.0 Å². The molecule has 0 radical (unpaired) electrons. The molecule has 2 rings (SSSR count). The molecule has 0 atom stereocenters. The quantitative estimate of drug-likeness (QED) is 0.448. The highest BCUT2D eigenvalue weighted by Crippen LogP contribution is 2.35. The number of nitrogens with one attached hydrogen (secondary N) is 1. The molecule has 6 nitrogen and oxygen atoms in total. The maximum Gasteiger partial charge on any atom is 0.266 e. The lowest BCUT2D eigenvalue weighted by molar-refractivity contribution is -0.112. The van der Waals surface area contributed by atoms with Gasteiger partial charge in [-0.15, -0.1) is 0 Å². The third-order valence-corrected chi connectivity index (χ3v) is 3.36. The Kier molecular flexibility index (Phi) is 5.30. The third kappa shape index (κ3) is 3.97. The van der Waals surface area contributed by atoms with E-state index >= 15 is 0 Å². The molecule has 0 unspecified atom stereocenters. The lowest BCUT2D eigenvalue weighted by Crippen LogP contribution is -2.13. The molecule has 0 aliphatic heterocycles. The first-order chi connectivity index (χ1) is 11.4. The van der Waals surface area contributed by atoms with Crippen molar-refractivity contribution in [1.82, 2.24) is 0 Å². The molecule has 0 heterocycles. The Morgan fingerprint density at radius 3 is 2.54 bits per heavy atom. The van der Waals surface area contributed by atoms with Crippen molar-refractivity contribution >= 4 is 29.3 Å². The van der Waals surface area contributed by atoms with Gasteiger partial charge < -0.3 is 20.3 Å². The van der Waals surface area contributed by atoms with Gasteiger partial charge in [0.25, 0.3) is 5.91 Å².